The summed E-state index contributed by atoms with van der Waals surface area (Å²) in [6.07, 6.45) is 2.09. The quantitative estimate of drug-likeness (QED) is 0.480. The van der Waals surface area contributed by atoms with Gasteiger partial charge >= 0.3 is 6.03 Å². The summed E-state index contributed by atoms with van der Waals surface area (Å²) in [5.74, 6) is -0.0582. The molecule has 1 aliphatic heterocycles. The van der Waals surface area contributed by atoms with Crippen molar-refractivity contribution in [1.29, 1.82) is 0 Å². The summed E-state index contributed by atoms with van der Waals surface area (Å²) in [7, 11) is -2.45. The smallest absolute Gasteiger partial charge is 0.323 e. The molecule has 0 unspecified atom stereocenters. The van der Waals surface area contributed by atoms with Crippen molar-refractivity contribution in [3.05, 3.63) is 64.4 Å². The summed E-state index contributed by atoms with van der Waals surface area (Å²) in [4.78, 5) is 18.7. The van der Waals surface area contributed by atoms with Gasteiger partial charge in [-0.05, 0) is 61.9 Å². The lowest BCUT2D eigenvalue weighted by Gasteiger charge is -2.31. The maximum absolute atomic E-state index is 14.1. The van der Waals surface area contributed by atoms with Crippen LogP contribution < -0.4 is 9.62 Å². The average Bonchev–Trinajstić information content (AvgIpc) is 3.29. The maximum Gasteiger partial charge on any atom is 0.323 e. The number of amides is 2. The molecule has 4 rings (SSSR count). The van der Waals surface area contributed by atoms with E-state index in [0.717, 1.165) is 34.2 Å². The van der Waals surface area contributed by atoms with Gasteiger partial charge in [0.2, 0.25) is 5.13 Å². The number of likely N-dealkylation sites (tertiary alicyclic amines) is 1. The van der Waals surface area contributed by atoms with Crippen LogP contribution in [-0.2, 0) is 16.4 Å². The van der Waals surface area contributed by atoms with Crippen molar-refractivity contribution in [2.75, 3.05) is 29.8 Å². The zero-order chi connectivity index (χ0) is 25.2. The van der Waals surface area contributed by atoms with Gasteiger partial charge in [-0.2, -0.15) is 9.36 Å². The van der Waals surface area contributed by atoms with Gasteiger partial charge in [0.15, 0.2) is 0 Å². The molecule has 1 aliphatic rings. The molecule has 0 radical (unpaired) electrons. The van der Waals surface area contributed by atoms with Crippen molar-refractivity contribution in [1.82, 2.24) is 14.3 Å². The number of aromatic nitrogens is 2. The van der Waals surface area contributed by atoms with E-state index in [1.165, 1.54) is 25.2 Å². The molecule has 2 amide bonds. The van der Waals surface area contributed by atoms with Crippen molar-refractivity contribution in [3.8, 4) is 0 Å². The van der Waals surface area contributed by atoms with Gasteiger partial charge in [0, 0.05) is 36.7 Å². The molecule has 1 aromatic heterocycles. The molecule has 8 nitrogen and oxygen atoms in total. The van der Waals surface area contributed by atoms with Crippen molar-refractivity contribution in [2.45, 2.75) is 31.1 Å². The molecule has 3 aromatic rings. The largest absolute Gasteiger partial charge is 0.324 e. The Bertz CT molecular complexity index is 1310. The third-order valence-electron chi connectivity index (χ3n) is 6.02. The fraction of sp³-hybridized carbons (Fsp3) is 0.348. The second kappa shape index (κ2) is 10.5. The van der Waals surface area contributed by atoms with E-state index in [1.54, 1.807) is 29.2 Å². The Hall–Kier alpha value is -2.76. The van der Waals surface area contributed by atoms with E-state index in [1.807, 2.05) is 6.92 Å². The van der Waals surface area contributed by atoms with Crippen LogP contribution in [0.15, 0.2) is 47.4 Å². The Morgan fingerprint density at radius 2 is 1.91 bits per heavy atom. The normalized spacial score (nSPS) is 14.7. The van der Waals surface area contributed by atoms with E-state index in [2.05, 4.69) is 14.7 Å². The van der Waals surface area contributed by atoms with Gasteiger partial charge in [0.05, 0.1) is 4.90 Å². The number of rotatable bonds is 6. The molecule has 0 saturated carbocycles. The molecular formula is C23H25ClFN5O3S2. The summed E-state index contributed by atoms with van der Waals surface area (Å²) < 4.78 is 44.9. The fourth-order valence-electron chi connectivity index (χ4n) is 3.88. The lowest BCUT2D eigenvalue weighted by molar-refractivity contribution is 0.182. The first-order valence-electron chi connectivity index (χ1n) is 11.0. The molecule has 0 aliphatic carbocycles. The third-order valence-corrected chi connectivity index (χ3v) is 8.62. The predicted molar refractivity (Wildman–Crippen MR) is 135 cm³/mol. The van der Waals surface area contributed by atoms with Gasteiger partial charge in [0.25, 0.3) is 16.0 Å². The second-order valence-corrected chi connectivity index (χ2v) is 11.6. The number of hydrogen-bond donors (Lipinski definition) is 1. The molecular weight excluding hydrogens is 513 g/mol. The van der Waals surface area contributed by atoms with E-state index < -0.39 is 10.0 Å². The van der Waals surface area contributed by atoms with Gasteiger partial charge in [-0.3, -0.25) is 5.32 Å². The Morgan fingerprint density at radius 3 is 2.57 bits per heavy atom. The first kappa shape index (κ1) is 25.3. The number of aryl methyl sites for hydroxylation is 1. The Kier molecular flexibility index (Phi) is 7.58. The molecule has 186 valence electrons. The fourth-order valence-corrected chi connectivity index (χ4v) is 5.77. The highest BCUT2D eigenvalue weighted by atomic mass is 35.5. The molecule has 0 bridgehead atoms. The summed E-state index contributed by atoms with van der Waals surface area (Å²) in [5, 5.41) is 3.28. The molecule has 1 N–H and O–H groups in total. The Morgan fingerprint density at radius 1 is 1.23 bits per heavy atom. The van der Waals surface area contributed by atoms with Crippen molar-refractivity contribution in [3.63, 3.8) is 0 Å². The summed E-state index contributed by atoms with van der Waals surface area (Å²) in [5.41, 5.74) is 1.58. The number of sulfonamides is 1. The molecule has 0 atom stereocenters. The monoisotopic (exact) mass is 537 g/mol. The number of nitrogens with zero attached hydrogens (tertiary/aromatic N) is 4. The number of carbonyl (C=O) groups excluding carboxylic acids is 1. The van der Waals surface area contributed by atoms with Gasteiger partial charge in [-0.1, -0.05) is 35.4 Å². The molecule has 35 heavy (non-hydrogen) atoms. The molecule has 1 saturated heterocycles. The highest BCUT2D eigenvalue weighted by Gasteiger charge is 2.27. The standard InChI is InChI=1S/C23H25ClFN5O3S2/c1-15-3-7-19(8-4-15)35(32,33)29(2)21-26-22(34-28-21)27-23(31)30-11-9-16(10-12-30)13-17-5-6-18(24)14-20(17)25/h3-8,14,16H,9-13H2,1-2H3,(H,26,27,28,31). The summed E-state index contributed by atoms with van der Waals surface area (Å²) in [6, 6.07) is 10.9. The highest BCUT2D eigenvalue weighted by Crippen LogP contribution is 2.26. The maximum atomic E-state index is 14.1. The van der Waals surface area contributed by atoms with Crippen LogP contribution >= 0.6 is 23.1 Å². The number of halogens is 2. The number of nitrogens with one attached hydrogen (secondary N) is 1. The minimum absolute atomic E-state index is 0.0189. The first-order valence-corrected chi connectivity index (χ1v) is 13.6. The van der Waals surface area contributed by atoms with Crippen LogP contribution in [0.2, 0.25) is 5.02 Å². The topological polar surface area (TPSA) is 95.5 Å². The molecule has 1 fully saturated rings. The van der Waals surface area contributed by atoms with Crippen LogP contribution in [0, 0.1) is 18.7 Å². The molecule has 0 spiro atoms. The SMILES string of the molecule is Cc1ccc(S(=O)(=O)N(C)c2nsc(NC(=O)N3CCC(Cc4ccc(Cl)cc4F)CC3)n2)cc1. The number of carbonyl (C=O) groups is 1. The second-order valence-electron chi connectivity index (χ2n) is 8.49. The zero-order valence-corrected chi connectivity index (χ0v) is 21.6. The van der Waals surface area contributed by atoms with Crippen molar-refractivity contribution < 1.29 is 17.6 Å². The number of urea groups is 1. The molecule has 12 heteroatoms. The minimum atomic E-state index is -3.82. The Balaban J connectivity index is 1.32. The summed E-state index contributed by atoms with van der Waals surface area (Å²) in [6.45, 7) is 2.93. The number of benzene rings is 2. The average molecular weight is 538 g/mol. The van der Waals surface area contributed by atoms with Crippen molar-refractivity contribution in [2.24, 2.45) is 5.92 Å². The number of anilines is 2. The van der Waals surface area contributed by atoms with E-state index in [4.69, 9.17) is 11.6 Å². The van der Waals surface area contributed by atoms with E-state index >= 15 is 0 Å². The number of piperidine rings is 1. The predicted octanol–water partition coefficient (Wildman–Crippen LogP) is 4.95. The molecule has 2 aromatic carbocycles. The summed E-state index contributed by atoms with van der Waals surface area (Å²) >= 11 is 6.73. The lowest BCUT2D eigenvalue weighted by atomic mass is 9.90. The Labute approximate surface area is 213 Å². The highest BCUT2D eigenvalue weighted by molar-refractivity contribution is 7.92. The molecule has 2 heterocycles. The van der Waals surface area contributed by atoms with E-state index in [-0.39, 0.29) is 33.7 Å². The van der Waals surface area contributed by atoms with Crippen LogP contribution in [0.4, 0.5) is 20.3 Å². The van der Waals surface area contributed by atoms with Crippen LogP contribution in [0.25, 0.3) is 0 Å². The number of hydrogen-bond acceptors (Lipinski definition) is 6. The van der Waals surface area contributed by atoms with Gasteiger partial charge in [-0.15, -0.1) is 0 Å². The van der Waals surface area contributed by atoms with E-state index in [0.29, 0.717) is 30.1 Å². The minimum Gasteiger partial charge on any atom is -0.324 e. The van der Waals surface area contributed by atoms with Crippen LogP contribution in [-0.4, -0.2) is 48.8 Å². The van der Waals surface area contributed by atoms with E-state index in [9.17, 15) is 17.6 Å². The zero-order valence-electron chi connectivity index (χ0n) is 19.2. The van der Waals surface area contributed by atoms with Crippen LogP contribution in [0.3, 0.4) is 0 Å². The van der Waals surface area contributed by atoms with Crippen LogP contribution in [0.1, 0.15) is 24.0 Å². The first-order chi connectivity index (χ1) is 16.6. The van der Waals surface area contributed by atoms with Gasteiger partial charge in [0.1, 0.15) is 5.82 Å². The van der Waals surface area contributed by atoms with Crippen molar-refractivity contribution >= 4 is 50.3 Å². The lowest BCUT2D eigenvalue weighted by Crippen LogP contribution is -2.41. The van der Waals surface area contributed by atoms with Gasteiger partial charge in [-0.25, -0.2) is 21.9 Å². The van der Waals surface area contributed by atoms with Gasteiger partial charge < -0.3 is 4.90 Å². The van der Waals surface area contributed by atoms with Crippen LogP contribution in [0.5, 0.6) is 0 Å². The third kappa shape index (κ3) is 5.91.